The molecule has 0 amide bonds. The number of allylic oxidation sites excluding steroid dienone is 1. The Morgan fingerprint density at radius 2 is 2.11 bits per heavy atom. The van der Waals surface area contributed by atoms with Crippen LogP contribution in [0.4, 0.5) is 0 Å². The lowest BCUT2D eigenvalue weighted by Gasteiger charge is -2.02. The average molecular weight is 128 g/mol. The molecule has 0 aromatic carbocycles. The minimum absolute atomic E-state index is 1.02. The standard InChI is InChI=1S/C7H16N2/c1-7(2)9-6-4-5-8-3/h8-9H,1,4-6H2,2-3H3. The molecule has 2 nitrogen and oxygen atoms in total. The van der Waals surface area contributed by atoms with Crippen molar-refractivity contribution in [2.24, 2.45) is 0 Å². The molecular formula is C7H16N2. The Bertz CT molecular complexity index is 79.0. The summed E-state index contributed by atoms with van der Waals surface area (Å²) in [4.78, 5) is 0. The predicted octanol–water partition coefficient (Wildman–Crippen LogP) is 0.719. The van der Waals surface area contributed by atoms with Crippen molar-refractivity contribution in [3.05, 3.63) is 12.3 Å². The van der Waals surface area contributed by atoms with Gasteiger partial charge < -0.3 is 10.6 Å². The Hall–Kier alpha value is -0.500. The van der Waals surface area contributed by atoms with E-state index in [1.807, 2.05) is 14.0 Å². The number of rotatable bonds is 5. The fraction of sp³-hybridized carbons (Fsp3) is 0.714. The van der Waals surface area contributed by atoms with Crippen LogP contribution in [0.25, 0.3) is 0 Å². The lowest BCUT2D eigenvalue weighted by atomic mass is 10.4. The van der Waals surface area contributed by atoms with E-state index in [1.54, 1.807) is 0 Å². The third-order valence-corrected chi connectivity index (χ3v) is 1.03. The maximum atomic E-state index is 3.72. The van der Waals surface area contributed by atoms with Crippen molar-refractivity contribution in [1.82, 2.24) is 10.6 Å². The van der Waals surface area contributed by atoms with Crippen LogP contribution in [0.3, 0.4) is 0 Å². The first-order valence-electron chi connectivity index (χ1n) is 3.31. The highest BCUT2D eigenvalue weighted by atomic mass is 14.9. The molecule has 0 fully saturated rings. The molecule has 0 aliphatic heterocycles. The van der Waals surface area contributed by atoms with Gasteiger partial charge in [-0.1, -0.05) is 6.58 Å². The van der Waals surface area contributed by atoms with Gasteiger partial charge in [0.1, 0.15) is 0 Å². The van der Waals surface area contributed by atoms with E-state index in [2.05, 4.69) is 17.2 Å². The molecule has 0 aliphatic rings. The maximum absolute atomic E-state index is 3.72. The molecule has 0 bridgehead atoms. The van der Waals surface area contributed by atoms with E-state index in [9.17, 15) is 0 Å². The van der Waals surface area contributed by atoms with E-state index < -0.39 is 0 Å². The molecule has 2 heteroatoms. The molecule has 0 atom stereocenters. The zero-order valence-electron chi connectivity index (χ0n) is 6.33. The van der Waals surface area contributed by atoms with Crippen molar-refractivity contribution < 1.29 is 0 Å². The fourth-order valence-electron chi connectivity index (χ4n) is 0.567. The third-order valence-electron chi connectivity index (χ3n) is 1.03. The molecule has 0 heterocycles. The second-order valence-electron chi connectivity index (χ2n) is 2.16. The minimum Gasteiger partial charge on any atom is -0.389 e. The molecule has 0 radical (unpaired) electrons. The van der Waals surface area contributed by atoms with Crippen LogP contribution >= 0.6 is 0 Å². The van der Waals surface area contributed by atoms with Gasteiger partial charge in [-0.15, -0.1) is 0 Å². The lowest BCUT2D eigenvalue weighted by molar-refractivity contribution is 0.677. The lowest BCUT2D eigenvalue weighted by Crippen LogP contribution is -2.17. The molecule has 0 aliphatic carbocycles. The molecule has 0 aromatic rings. The van der Waals surface area contributed by atoms with Crippen LogP contribution in [0.1, 0.15) is 13.3 Å². The number of nitrogens with one attached hydrogen (secondary N) is 2. The normalized spacial score (nSPS) is 9.11. The zero-order valence-corrected chi connectivity index (χ0v) is 6.33. The van der Waals surface area contributed by atoms with Crippen LogP contribution in [0.2, 0.25) is 0 Å². The van der Waals surface area contributed by atoms with Gasteiger partial charge in [0, 0.05) is 12.2 Å². The van der Waals surface area contributed by atoms with Crippen molar-refractivity contribution in [3.8, 4) is 0 Å². The Kier molecular flexibility index (Phi) is 5.32. The Morgan fingerprint density at radius 1 is 1.44 bits per heavy atom. The number of hydrogen-bond acceptors (Lipinski definition) is 2. The van der Waals surface area contributed by atoms with Crippen LogP contribution in [0, 0.1) is 0 Å². The summed E-state index contributed by atoms with van der Waals surface area (Å²) in [6.45, 7) is 7.79. The van der Waals surface area contributed by atoms with Gasteiger partial charge >= 0.3 is 0 Å². The fourth-order valence-corrected chi connectivity index (χ4v) is 0.567. The Balaban J connectivity index is 2.83. The second-order valence-corrected chi connectivity index (χ2v) is 2.16. The smallest absolute Gasteiger partial charge is 0.0155 e. The van der Waals surface area contributed by atoms with Crippen molar-refractivity contribution in [1.29, 1.82) is 0 Å². The first-order chi connectivity index (χ1) is 4.27. The van der Waals surface area contributed by atoms with Gasteiger partial charge in [0.25, 0.3) is 0 Å². The summed E-state index contributed by atoms with van der Waals surface area (Å²) in [6, 6.07) is 0. The van der Waals surface area contributed by atoms with E-state index in [4.69, 9.17) is 0 Å². The van der Waals surface area contributed by atoms with Gasteiger partial charge in [-0.3, -0.25) is 0 Å². The first-order valence-corrected chi connectivity index (χ1v) is 3.31. The van der Waals surface area contributed by atoms with Crippen LogP contribution in [-0.4, -0.2) is 20.1 Å². The predicted molar refractivity (Wildman–Crippen MR) is 41.4 cm³/mol. The molecule has 0 saturated heterocycles. The molecule has 54 valence electrons. The second kappa shape index (κ2) is 5.63. The topological polar surface area (TPSA) is 24.1 Å². The average Bonchev–Trinajstić information content (AvgIpc) is 1.80. The summed E-state index contributed by atoms with van der Waals surface area (Å²) in [5.74, 6) is 0. The van der Waals surface area contributed by atoms with Gasteiger partial charge in [0.2, 0.25) is 0 Å². The van der Waals surface area contributed by atoms with Crippen molar-refractivity contribution in [3.63, 3.8) is 0 Å². The van der Waals surface area contributed by atoms with E-state index in [0.29, 0.717) is 0 Å². The van der Waals surface area contributed by atoms with E-state index in [1.165, 1.54) is 0 Å². The summed E-state index contributed by atoms with van der Waals surface area (Å²) in [5.41, 5.74) is 1.05. The Labute approximate surface area is 57.3 Å². The molecule has 0 rings (SSSR count). The molecular weight excluding hydrogens is 112 g/mol. The minimum atomic E-state index is 1.02. The highest BCUT2D eigenvalue weighted by Gasteiger charge is 1.83. The van der Waals surface area contributed by atoms with Crippen molar-refractivity contribution in [2.45, 2.75) is 13.3 Å². The SMILES string of the molecule is C=C(C)NCCCNC. The van der Waals surface area contributed by atoms with Gasteiger partial charge in [0.05, 0.1) is 0 Å². The van der Waals surface area contributed by atoms with Crippen molar-refractivity contribution in [2.75, 3.05) is 20.1 Å². The highest BCUT2D eigenvalue weighted by molar-refractivity contribution is 4.83. The van der Waals surface area contributed by atoms with Crippen LogP contribution in [0.15, 0.2) is 12.3 Å². The summed E-state index contributed by atoms with van der Waals surface area (Å²) >= 11 is 0. The molecule has 0 aromatic heterocycles. The monoisotopic (exact) mass is 128 g/mol. The third kappa shape index (κ3) is 7.50. The van der Waals surface area contributed by atoms with Gasteiger partial charge in [-0.2, -0.15) is 0 Å². The summed E-state index contributed by atoms with van der Waals surface area (Å²) < 4.78 is 0. The number of hydrogen-bond donors (Lipinski definition) is 2. The summed E-state index contributed by atoms with van der Waals surface area (Å²) in [6.07, 6.45) is 1.16. The van der Waals surface area contributed by atoms with Gasteiger partial charge in [0.15, 0.2) is 0 Å². The zero-order chi connectivity index (χ0) is 7.11. The maximum Gasteiger partial charge on any atom is 0.0155 e. The first kappa shape index (κ1) is 8.50. The molecule has 0 spiro atoms. The quantitative estimate of drug-likeness (QED) is 0.533. The van der Waals surface area contributed by atoms with Crippen LogP contribution < -0.4 is 10.6 Å². The van der Waals surface area contributed by atoms with Gasteiger partial charge in [-0.05, 0) is 26.9 Å². The van der Waals surface area contributed by atoms with Gasteiger partial charge in [-0.25, -0.2) is 0 Å². The summed E-state index contributed by atoms with van der Waals surface area (Å²) in [7, 11) is 1.96. The summed E-state index contributed by atoms with van der Waals surface area (Å²) in [5, 5.41) is 6.22. The van der Waals surface area contributed by atoms with Crippen molar-refractivity contribution >= 4 is 0 Å². The van der Waals surface area contributed by atoms with E-state index in [-0.39, 0.29) is 0 Å². The van der Waals surface area contributed by atoms with Crippen LogP contribution in [-0.2, 0) is 0 Å². The van der Waals surface area contributed by atoms with Crippen LogP contribution in [0.5, 0.6) is 0 Å². The molecule has 0 unspecified atom stereocenters. The van der Waals surface area contributed by atoms with E-state index in [0.717, 1.165) is 25.2 Å². The van der Waals surface area contributed by atoms with E-state index >= 15 is 0 Å². The largest absolute Gasteiger partial charge is 0.389 e. The molecule has 0 saturated carbocycles. The molecule has 9 heavy (non-hydrogen) atoms. The Morgan fingerprint density at radius 3 is 2.56 bits per heavy atom. The highest BCUT2D eigenvalue weighted by Crippen LogP contribution is 1.78. The molecule has 2 N–H and O–H groups in total.